The molecule has 2 nitrogen and oxygen atoms in total. The lowest BCUT2D eigenvalue weighted by Crippen LogP contribution is -2.34. The van der Waals surface area contributed by atoms with Gasteiger partial charge in [0.2, 0.25) is 0 Å². The predicted molar refractivity (Wildman–Crippen MR) is 55.9 cm³/mol. The van der Waals surface area contributed by atoms with E-state index in [1.54, 1.807) is 24.3 Å². The molecule has 1 aromatic rings. The standard InChI is InChI=1S/C10H12BrFO2/c11-9-3-1-8(2-4-9)5-10(12,6-13)7-14/h1-4,13-14H,5-7H2. The van der Waals surface area contributed by atoms with Crippen LogP contribution in [0.25, 0.3) is 0 Å². The third-order valence-corrected chi connectivity index (χ3v) is 2.53. The third kappa shape index (κ3) is 3.04. The van der Waals surface area contributed by atoms with E-state index in [4.69, 9.17) is 10.2 Å². The van der Waals surface area contributed by atoms with Crippen molar-refractivity contribution in [3.8, 4) is 0 Å². The van der Waals surface area contributed by atoms with Crippen LogP contribution in [0.4, 0.5) is 4.39 Å². The Hall–Kier alpha value is -0.450. The van der Waals surface area contributed by atoms with E-state index in [9.17, 15) is 4.39 Å². The maximum absolute atomic E-state index is 13.5. The Morgan fingerprint density at radius 1 is 1.14 bits per heavy atom. The Labute approximate surface area is 90.5 Å². The van der Waals surface area contributed by atoms with Crippen LogP contribution in [0.2, 0.25) is 0 Å². The summed E-state index contributed by atoms with van der Waals surface area (Å²) < 4.78 is 14.4. The van der Waals surface area contributed by atoms with E-state index >= 15 is 0 Å². The Bertz CT molecular complexity index is 283. The van der Waals surface area contributed by atoms with Crippen LogP contribution in [0.15, 0.2) is 28.7 Å². The molecule has 4 heteroatoms. The Balaban J connectivity index is 2.72. The quantitative estimate of drug-likeness (QED) is 0.867. The maximum atomic E-state index is 13.5. The molecule has 0 bridgehead atoms. The number of hydrogen-bond donors (Lipinski definition) is 2. The van der Waals surface area contributed by atoms with Gasteiger partial charge in [-0.25, -0.2) is 4.39 Å². The minimum atomic E-state index is -1.92. The molecule has 1 rings (SSSR count). The molecule has 0 fully saturated rings. The lowest BCUT2D eigenvalue weighted by atomic mass is 9.98. The van der Waals surface area contributed by atoms with E-state index in [0.717, 1.165) is 10.0 Å². The van der Waals surface area contributed by atoms with Crippen LogP contribution >= 0.6 is 15.9 Å². The molecule has 1 aromatic carbocycles. The van der Waals surface area contributed by atoms with Gasteiger partial charge in [-0.1, -0.05) is 28.1 Å². The highest BCUT2D eigenvalue weighted by molar-refractivity contribution is 9.10. The lowest BCUT2D eigenvalue weighted by molar-refractivity contribution is 0.0166. The van der Waals surface area contributed by atoms with Crippen molar-refractivity contribution in [2.24, 2.45) is 0 Å². The van der Waals surface area contributed by atoms with Gasteiger partial charge in [0.1, 0.15) is 0 Å². The van der Waals surface area contributed by atoms with Crippen molar-refractivity contribution in [1.29, 1.82) is 0 Å². The molecule has 0 saturated carbocycles. The number of rotatable bonds is 4. The fourth-order valence-corrected chi connectivity index (χ4v) is 1.39. The fraction of sp³-hybridized carbons (Fsp3) is 0.400. The normalized spacial score (nSPS) is 11.7. The molecule has 0 heterocycles. The predicted octanol–water partition coefficient (Wildman–Crippen LogP) is 1.68. The van der Waals surface area contributed by atoms with Crippen molar-refractivity contribution in [2.45, 2.75) is 12.1 Å². The van der Waals surface area contributed by atoms with Crippen LogP contribution in [-0.4, -0.2) is 29.1 Å². The van der Waals surface area contributed by atoms with Crippen LogP contribution in [0, 0.1) is 0 Å². The van der Waals surface area contributed by atoms with Crippen molar-refractivity contribution in [2.75, 3.05) is 13.2 Å². The van der Waals surface area contributed by atoms with Gasteiger partial charge < -0.3 is 10.2 Å². The van der Waals surface area contributed by atoms with Gasteiger partial charge in [-0.2, -0.15) is 0 Å². The van der Waals surface area contributed by atoms with Crippen molar-refractivity contribution < 1.29 is 14.6 Å². The number of hydrogen-bond acceptors (Lipinski definition) is 2. The monoisotopic (exact) mass is 262 g/mol. The Kier molecular flexibility index (Phi) is 4.04. The first-order chi connectivity index (χ1) is 6.59. The first kappa shape index (κ1) is 11.6. The van der Waals surface area contributed by atoms with Gasteiger partial charge in [-0.05, 0) is 17.7 Å². The van der Waals surface area contributed by atoms with E-state index in [0.29, 0.717) is 0 Å². The second-order valence-electron chi connectivity index (χ2n) is 3.27. The average molecular weight is 263 g/mol. The lowest BCUT2D eigenvalue weighted by Gasteiger charge is -2.19. The summed E-state index contributed by atoms with van der Waals surface area (Å²) in [7, 11) is 0. The van der Waals surface area contributed by atoms with Crippen LogP contribution in [0.5, 0.6) is 0 Å². The summed E-state index contributed by atoms with van der Waals surface area (Å²) in [4.78, 5) is 0. The summed E-state index contributed by atoms with van der Waals surface area (Å²) in [6.45, 7) is -1.33. The highest BCUT2D eigenvalue weighted by atomic mass is 79.9. The van der Waals surface area contributed by atoms with Crippen molar-refractivity contribution in [3.05, 3.63) is 34.3 Å². The van der Waals surface area contributed by atoms with Crippen LogP contribution in [0.3, 0.4) is 0 Å². The number of alkyl halides is 1. The number of aliphatic hydroxyl groups excluding tert-OH is 2. The van der Waals surface area contributed by atoms with E-state index in [2.05, 4.69) is 15.9 Å². The summed E-state index contributed by atoms with van der Waals surface area (Å²) in [5, 5.41) is 17.5. The molecule has 2 N–H and O–H groups in total. The summed E-state index contributed by atoms with van der Waals surface area (Å²) in [5.41, 5.74) is -1.17. The molecule has 0 atom stereocenters. The zero-order valence-corrected chi connectivity index (χ0v) is 9.17. The van der Waals surface area contributed by atoms with Crippen molar-refractivity contribution in [3.63, 3.8) is 0 Å². The minimum Gasteiger partial charge on any atom is -0.393 e. The van der Waals surface area contributed by atoms with Gasteiger partial charge >= 0.3 is 0 Å². The zero-order chi connectivity index (χ0) is 10.6. The van der Waals surface area contributed by atoms with Gasteiger partial charge in [-0.3, -0.25) is 0 Å². The molecule has 0 aliphatic heterocycles. The van der Waals surface area contributed by atoms with Crippen molar-refractivity contribution in [1.82, 2.24) is 0 Å². The Morgan fingerprint density at radius 2 is 1.64 bits per heavy atom. The molecule has 0 aliphatic rings. The van der Waals surface area contributed by atoms with Gasteiger partial charge in [0.25, 0.3) is 0 Å². The highest BCUT2D eigenvalue weighted by Crippen LogP contribution is 2.19. The summed E-state index contributed by atoms with van der Waals surface area (Å²) in [6.07, 6.45) is 0.0211. The molecular formula is C10H12BrFO2. The Morgan fingerprint density at radius 3 is 2.07 bits per heavy atom. The average Bonchev–Trinajstić information content (AvgIpc) is 2.21. The molecule has 0 unspecified atom stereocenters. The molecule has 0 saturated heterocycles. The van der Waals surface area contributed by atoms with Crippen LogP contribution < -0.4 is 0 Å². The van der Waals surface area contributed by atoms with Gasteiger partial charge in [0, 0.05) is 10.9 Å². The molecule has 0 radical (unpaired) electrons. The molecular weight excluding hydrogens is 251 g/mol. The third-order valence-electron chi connectivity index (χ3n) is 2.00. The van der Waals surface area contributed by atoms with E-state index in [-0.39, 0.29) is 6.42 Å². The molecule has 0 aliphatic carbocycles. The molecule has 0 aromatic heterocycles. The fourth-order valence-electron chi connectivity index (χ4n) is 1.13. The second-order valence-corrected chi connectivity index (χ2v) is 4.19. The van der Waals surface area contributed by atoms with Gasteiger partial charge in [0.05, 0.1) is 13.2 Å². The van der Waals surface area contributed by atoms with Crippen LogP contribution in [-0.2, 0) is 6.42 Å². The number of aliphatic hydroxyl groups is 2. The highest BCUT2D eigenvalue weighted by Gasteiger charge is 2.28. The first-order valence-corrected chi connectivity index (χ1v) is 5.04. The minimum absolute atomic E-state index is 0.0211. The number of benzene rings is 1. The number of halogens is 2. The van der Waals surface area contributed by atoms with E-state index in [1.807, 2.05) is 0 Å². The largest absolute Gasteiger partial charge is 0.393 e. The first-order valence-electron chi connectivity index (χ1n) is 4.25. The van der Waals surface area contributed by atoms with Crippen LogP contribution in [0.1, 0.15) is 5.56 Å². The van der Waals surface area contributed by atoms with Gasteiger partial charge in [0.15, 0.2) is 5.67 Å². The second kappa shape index (κ2) is 4.87. The molecule has 78 valence electrons. The molecule has 0 spiro atoms. The smallest absolute Gasteiger partial charge is 0.160 e. The van der Waals surface area contributed by atoms with E-state index < -0.39 is 18.9 Å². The maximum Gasteiger partial charge on any atom is 0.160 e. The van der Waals surface area contributed by atoms with Gasteiger partial charge in [-0.15, -0.1) is 0 Å². The SMILES string of the molecule is OCC(F)(CO)Cc1ccc(Br)cc1. The summed E-state index contributed by atoms with van der Waals surface area (Å²) >= 11 is 3.27. The molecule has 14 heavy (non-hydrogen) atoms. The summed E-state index contributed by atoms with van der Waals surface area (Å²) in [5.74, 6) is 0. The topological polar surface area (TPSA) is 40.5 Å². The van der Waals surface area contributed by atoms with Crippen molar-refractivity contribution >= 4 is 15.9 Å². The molecule has 0 amide bonds. The van der Waals surface area contributed by atoms with E-state index in [1.165, 1.54) is 0 Å². The summed E-state index contributed by atoms with van der Waals surface area (Å²) in [6, 6.07) is 7.10. The zero-order valence-electron chi connectivity index (χ0n) is 7.58.